The Labute approximate surface area is 238 Å². The molecule has 2 aromatic rings. The number of amides is 2. The lowest BCUT2D eigenvalue weighted by Crippen LogP contribution is -2.50. The van der Waals surface area contributed by atoms with Crippen LogP contribution in [0.5, 0.6) is 0 Å². The number of benzene rings is 1. The van der Waals surface area contributed by atoms with Crippen molar-refractivity contribution in [2.45, 2.75) is 56.4 Å². The average molecular weight is 595 g/mol. The van der Waals surface area contributed by atoms with Crippen LogP contribution < -0.4 is 32.6 Å². The van der Waals surface area contributed by atoms with Gasteiger partial charge in [0.1, 0.15) is 6.04 Å². The molecule has 2 amide bonds. The molecule has 0 fully saturated rings. The second-order valence-corrected chi connectivity index (χ2v) is 11.7. The molecule has 0 aliphatic rings. The van der Waals surface area contributed by atoms with Gasteiger partial charge in [-0.2, -0.15) is 0 Å². The van der Waals surface area contributed by atoms with Crippen LogP contribution >= 0.6 is 11.3 Å². The summed E-state index contributed by atoms with van der Waals surface area (Å²) in [5.41, 5.74) is 16.8. The van der Waals surface area contributed by atoms with Crippen LogP contribution in [-0.2, 0) is 25.4 Å². The van der Waals surface area contributed by atoms with Gasteiger partial charge in [0.15, 0.2) is 11.0 Å². The monoisotopic (exact) mass is 594 g/mol. The van der Waals surface area contributed by atoms with Crippen LogP contribution in [0.4, 0.5) is 0 Å². The Hall–Kier alpha value is -3.40. The van der Waals surface area contributed by atoms with Gasteiger partial charge >= 0.3 is 0 Å². The second-order valence-electron chi connectivity index (χ2n) is 9.04. The van der Waals surface area contributed by atoms with Crippen LogP contribution in [0, 0.1) is 0 Å². The third-order valence-electron chi connectivity index (χ3n) is 5.70. The number of rotatable bonds is 19. The van der Waals surface area contributed by atoms with E-state index in [1.807, 2.05) is 0 Å². The van der Waals surface area contributed by atoms with E-state index in [9.17, 15) is 22.8 Å². The van der Waals surface area contributed by atoms with Gasteiger partial charge in [0, 0.05) is 18.1 Å². The lowest BCUT2D eigenvalue weighted by molar-refractivity contribution is -0.127. The van der Waals surface area contributed by atoms with Gasteiger partial charge in [0.05, 0.1) is 18.3 Å². The van der Waals surface area contributed by atoms with E-state index >= 15 is 0 Å². The molecule has 0 radical (unpaired) electrons. The van der Waals surface area contributed by atoms with E-state index in [1.54, 1.807) is 35.7 Å². The summed E-state index contributed by atoms with van der Waals surface area (Å²) in [7, 11) is -3.85. The van der Waals surface area contributed by atoms with E-state index in [0.717, 1.165) is 24.2 Å². The van der Waals surface area contributed by atoms with E-state index in [4.69, 9.17) is 17.2 Å². The van der Waals surface area contributed by atoms with Crippen LogP contribution in [0.25, 0.3) is 0 Å². The lowest BCUT2D eigenvalue weighted by atomic mass is 10.1. The summed E-state index contributed by atoms with van der Waals surface area (Å²) < 4.78 is 28.0. The molecule has 0 spiro atoms. The molecule has 9 N–H and O–H groups in total. The van der Waals surface area contributed by atoms with Crippen molar-refractivity contribution in [1.29, 1.82) is 0 Å². The Bertz CT molecular complexity index is 1200. The number of aromatic nitrogens is 1. The van der Waals surface area contributed by atoms with Crippen molar-refractivity contribution in [3.63, 3.8) is 0 Å². The number of unbranched alkanes of at least 4 members (excludes halogenated alkanes) is 2. The molecule has 0 unspecified atom stereocenters. The molecule has 0 bridgehead atoms. The molecule has 1 aromatic heterocycles. The third-order valence-corrected chi connectivity index (χ3v) is 7.84. The van der Waals surface area contributed by atoms with Crippen molar-refractivity contribution >= 4 is 44.9 Å². The topological polar surface area (TPSA) is 225 Å². The average Bonchev–Trinajstić information content (AvgIpc) is 3.45. The van der Waals surface area contributed by atoms with Gasteiger partial charge in [-0.25, -0.2) is 18.1 Å². The van der Waals surface area contributed by atoms with Crippen molar-refractivity contribution in [2.75, 3.05) is 19.6 Å². The van der Waals surface area contributed by atoms with Gasteiger partial charge in [0.25, 0.3) is 0 Å². The molecule has 40 heavy (non-hydrogen) atoms. The highest BCUT2D eigenvalue weighted by Crippen LogP contribution is 2.12. The van der Waals surface area contributed by atoms with Crippen molar-refractivity contribution in [2.24, 2.45) is 22.2 Å². The summed E-state index contributed by atoms with van der Waals surface area (Å²) in [4.78, 5) is 46.4. The normalized spacial score (nSPS) is 12.7. The van der Waals surface area contributed by atoms with Crippen molar-refractivity contribution < 1.29 is 22.8 Å². The Kier molecular flexibility index (Phi) is 14.2. The first-order chi connectivity index (χ1) is 19.1. The first kappa shape index (κ1) is 32.8. The molecule has 1 aromatic carbocycles. The summed E-state index contributed by atoms with van der Waals surface area (Å²) in [5.74, 6) is -1.99. The molecule has 0 saturated carbocycles. The maximum Gasteiger partial charge on any atom is 0.239 e. The Morgan fingerprint density at radius 3 is 2.38 bits per heavy atom. The smallest absolute Gasteiger partial charge is 0.239 e. The number of sulfonamides is 1. The summed E-state index contributed by atoms with van der Waals surface area (Å²) in [6, 6.07) is 6.62. The Balaban J connectivity index is 2.01. The molecule has 0 saturated heterocycles. The molecule has 15 heteroatoms. The number of guanidine groups is 1. The fourth-order valence-electron chi connectivity index (χ4n) is 3.77. The van der Waals surface area contributed by atoms with Gasteiger partial charge in [-0.1, -0.05) is 43.2 Å². The number of nitrogens with one attached hydrogen (secondary N) is 3. The van der Waals surface area contributed by atoms with Gasteiger partial charge in [0.2, 0.25) is 27.6 Å². The van der Waals surface area contributed by atoms with Gasteiger partial charge in [-0.3, -0.25) is 19.4 Å². The van der Waals surface area contributed by atoms with Gasteiger partial charge in [-0.15, -0.1) is 11.3 Å². The predicted molar refractivity (Wildman–Crippen MR) is 155 cm³/mol. The number of thiazole rings is 1. The highest BCUT2D eigenvalue weighted by Gasteiger charge is 2.27. The number of hydrogen-bond donors (Lipinski definition) is 6. The quantitative estimate of drug-likeness (QED) is 0.0555. The minimum atomic E-state index is -3.85. The van der Waals surface area contributed by atoms with Crippen LogP contribution in [0.1, 0.15) is 53.9 Å². The standard InChI is InChI=1S/C25H38N8O5S2/c26-12-6-2-5-10-20(33-40(37,38)17-18-8-3-1-4-9-18)23(36)31-16-21(34)32-19(11-7-13-30-25(27)28)22(35)24-29-14-15-39-24/h1,3-4,8-9,14-15,19-20,33H,2,5-7,10-13,16-17,26H2,(H,31,36)(H,32,34)(H4,27,28,30)/t19-,20+/m0/s1. The fourth-order valence-corrected chi connectivity index (χ4v) is 5.77. The minimum absolute atomic E-state index is 0.0773. The van der Waals surface area contributed by atoms with Crippen LogP contribution in [0.15, 0.2) is 46.9 Å². The molecule has 1 heterocycles. The summed E-state index contributed by atoms with van der Waals surface area (Å²) in [5, 5.41) is 7.01. The van der Waals surface area contributed by atoms with E-state index in [0.29, 0.717) is 24.9 Å². The maximum absolute atomic E-state index is 13.0. The molecular formula is C25H38N8O5S2. The zero-order valence-electron chi connectivity index (χ0n) is 22.3. The van der Waals surface area contributed by atoms with Crippen LogP contribution in [-0.4, -0.2) is 68.7 Å². The van der Waals surface area contributed by atoms with Gasteiger partial charge in [-0.05, 0) is 37.8 Å². The van der Waals surface area contributed by atoms with E-state index in [2.05, 4.69) is 25.3 Å². The van der Waals surface area contributed by atoms with Crippen molar-refractivity contribution in [3.05, 3.63) is 52.5 Å². The van der Waals surface area contributed by atoms with E-state index in [1.165, 1.54) is 6.20 Å². The van der Waals surface area contributed by atoms with Crippen molar-refractivity contribution in [3.8, 4) is 0 Å². The zero-order valence-corrected chi connectivity index (χ0v) is 23.9. The summed E-state index contributed by atoms with van der Waals surface area (Å²) >= 11 is 1.15. The number of carbonyl (C=O) groups excluding carboxylic acids is 3. The largest absolute Gasteiger partial charge is 0.370 e. The number of ketones is 1. The van der Waals surface area contributed by atoms with Crippen molar-refractivity contribution in [1.82, 2.24) is 20.3 Å². The molecule has 220 valence electrons. The molecule has 13 nitrogen and oxygen atoms in total. The van der Waals surface area contributed by atoms with E-state index in [-0.39, 0.29) is 41.9 Å². The highest BCUT2D eigenvalue weighted by atomic mass is 32.2. The first-order valence-electron chi connectivity index (χ1n) is 12.9. The SMILES string of the molecule is NCCCCC[C@@H](NS(=O)(=O)Cc1ccccc1)C(=O)NCC(=O)N[C@@H](CCCN=C(N)N)C(=O)c1nccs1. The first-order valence-corrected chi connectivity index (χ1v) is 15.4. The summed E-state index contributed by atoms with van der Waals surface area (Å²) in [6.45, 7) is 0.309. The third kappa shape index (κ3) is 12.6. The summed E-state index contributed by atoms with van der Waals surface area (Å²) in [6.07, 6.45) is 4.42. The number of hydrogen-bond acceptors (Lipinski definition) is 9. The number of nitrogens with two attached hydrogens (primary N) is 3. The van der Waals surface area contributed by atoms with Crippen LogP contribution in [0.2, 0.25) is 0 Å². The zero-order chi connectivity index (χ0) is 29.4. The molecule has 2 atom stereocenters. The Morgan fingerprint density at radius 1 is 1.00 bits per heavy atom. The molecular weight excluding hydrogens is 556 g/mol. The molecule has 0 aliphatic carbocycles. The highest BCUT2D eigenvalue weighted by molar-refractivity contribution is 7.88. The second kappa shape index (κ2) is 17.3. The predicted octanol–water partition coefficient (Wildman–Crippen LogP) is -0.0123. The minimum Gasteiger partial charge on any atom is -0.370 e. The molecule has 0 aliphatic heterocycles. The fraction of sp³-hybridized carbons (Fsp3) is 0.480. The van der Waals surface area contributed by atoms with Gasteiger partial charge < -0.3 is 27.8 Å². The van der Waals surface area contributed by atoms with E-state index < -0.39 is 40.5 Å². The van der Waals surface area contributed by atoms with Crippen LogP contribution in [0.3, 0.4) is 0 Å². The molecule has 2 rings (SSSR count). The lowest BCUT2D eigenvalue weighted by Gasteiger charge is -2.20. The number of aliphatic imine (C=N–C) groups is 1. The number of carbonyl (C=O) groups is 3. The number of Topliss-reactive ketones (excluding diaryl/α,β-unsaturated/α-hetero) is 1. The number of nitrogens with zero attached hydrogens (tertiary/aromatic N) is 2. The maximum atomic E-state index is 13.0. The Morgan fingerprint density at radius 2 is 1.73 bits per heavy atom.